The summed E-state index contributed by atoms with van der Waals surface area (Å²) < 4.78 is 0. The number of hydrogen-bond donors (Lipinski definition) is 2. The van der Waals surface area contributed by atoms with Crippen molar-refractivity contribution < 1.29 is 14.8 Å². The van der Waals surface area contributed by atoms with E-state index in [-0.39, 0.29) is 0 Å². The molecule has 0 rings (SSSR count). The number of carbonyl (C=O) groups excluding carboxylic acids is 2. The maximum absolute atomic E-state index is 10.1. The molecule has 0 aliphatic rings. The summed E-state index contributed by atoms with van der Waals surface area (Å²) in [5, 5.41) is 7.85. The second kappa shape index (κ2) is 4.77. The van der Waals surface area contributed by atoms with Gasteiger partial charge in [-0.15, -0.1) is 5.73 Å². The quantitative estimate of drug-likeness (QED) is 0.223. The van der Waals surface area contributed by atoms with Gasteiger partial charge in [-0.1, -0.05) is 0 Å². The summed E-state index contributed by atoms with van der Waals surface area (Å²) in [7, 11) is 0. The molecule has 0 aromatic heterocycles. The minimum absolute atomic E-state index is 0.735. The average molecular weight is 126 g/mol. The van der Waals surface area contributed by atoms with Crippen molar-refractivity contribution in [2.75, 3.05) is 0 Å². The molecule has 1 radical (unpaired) electrons. The third-order valence-electron chi connectivity index (χ3n) is 0.467. The lowest BCUT2D eigenvalue weighted by Gasteiger charge is -1.81. The molecule has 0 spiro atoms. The Balaban J connectivity index is 3.83. The molecule has 0 aliphatic carbocycles. The second-order valence-electron chi connectivity index (χ2n) is 1.05. The molecule has 47 valence electrons. The van der Waals surface area contributed by atoms with Gasteiger partial charge < -0.3 is 0 Å². The van der Waals surface area contributed by atoms with E-state index in [1.54, 1.807) is 0 Å². The van der Waals surface area contributed by atoms with Crippen LogP contribution >= 0.6 is 0 Å². The van der Waals surface area contributed by atoms with Gasteiger partial charge in [-0.25, -0.2) is 5.48 Å². The molecule has 0 aromatic rings. The van der Waals surface area contributed by atoms with Crippen LogP contribution < -0.4 is 5.48 Å². The average Bonchev–Trinajstić information content (AvgIpc) is 1.89. The van der Waals surface area contributed by atoms with E-state index in [0.29, 0.717) is 0 Å². The number of hydrogen-bond acceptors (Lipinski definition) is 3. The predicted octanol–water partition coefficient (Wildman–Crippen LogP) is -0.687. The molecule has 1 amide bonds. The van der Waals surface area contributed by atoms with Crippen LogP contribution in [0.15, 0.2) is 17.9 Å². The molecule has 0 saturated carbocycles. The summed E-state index contributed by atoms with van der Waals surface area (Å²) in [5.41, 5.74) is 3.46. The van der Waals surface area contributed by atoms with Crippen LogP contribution in [0.3, 0.4) is 0 Å². The Morgan fingerprint density at radius 2 is 2.33 bits per heavy atom. The van der Waals surface area contributed by atoms with Gasteiger partial charge in [0.15, 0.2) is 0 Å². The van der Waals surface area contributed by atoms with Crippen LogP contribution in [-0.4, -0.2) is 17.4 Å². The van der Waals surface area contributed by atoms with Crippen molar-refractivity contribution in [1.29, 1.82) is 0 Å². The molecule has 0 unspecified atom stereocenters. The van der Waals surface area contributed by atoms with Crippen LogP contribution in [-0.2, 0) is 9.59 Å². The molecular formula is C5H4NO3. The Bertz CT molecular complexity index is 167. The number of rotatable bonds is 2. The first-order chi connectivity index (χ1) is 4.31. The lowest BCUT2D eigenvalue weighted by Crippen LogP contribution is -2.14. The van der Waals surface area contributed by atoms with Crippen LogP contribution in [0.2, 0.25) is 0 Å². The van der Waals surface area contributed by atoms with Crippen LogP contribution in [0.1, 0.15) is 0 Å². The molecule has 0 bridgehead atoms. The summed E-state index contributed by atoms with van der Waals surface area (Å²) in [6, 6.07) is 0. The summed E-state index contributed by atoms with van der Waals surface area (Å²) in [5.74, 6) is -0.735. The highest BCUT2D eigenvalue weighted by Gasteiger charge is 1.84. The van der Waals surface area contributed by atoms with Gasteiger partial charge in [0.05, 0.1) is 0 Å². The molecule has 4 heteroatoms. The predicted molar refractivity (Wildman–Crippen MR) is 28.3 cm³/mol. The van der Waals surface area contributed by atoms with E-state index < -0.39 is 5.91 Å². The van der Waals surface area contributed by atoms with Gasteiger partial charge in [0.25, 0.3) is 5.91 Å². The van der Waals surface area contributed by atoms with Crippen molar-refractivity contribution >= 4 is 12.2 Å². The molecule has 0 aromatic carbocycles. The molecule has 4 nitrogen and oxygen atoms in total. The fraction of sp³-hybridized carbons (Fsp3) is 0. The first-order valence-corrected chi connectivity index (χ1v) is 2.04. The summed E-state index contributed by atoms with van der Waals surface area (Å²) in [6.07, 6.45) is 3.12. The Kier molecular flexibility index (Phi) is 4.04. The molecular weight excluding hydrogens is 122 g/mol. The zero-order chi connectivity index (χ0) is 7.11. The minimum Gasteiger partial charge on any atom is -0.288 e. The van der Waals surface area contributed by atoms with Gasteiger partial charge >= 0.3 is 0 Å². The minimum atomic E-state index is -0.735. The topological polar surface area (TPSA) is 66.4 Å². The number of hydroxylamine groups is 1. The molecule has 0 aliphatic heterocycles. The van der Waals surface area contributed by atoms with Crippen molar-refractivity contribution in [3.63, 3.8) is 0 Å². The summed E-state index contributed by atoms with van der Waals surface area (Å²) in [6.45, 7) is 0. The van der Waals surface area contributed by atoms with Crippen molar-refractivity contribution in [2.45, 2.75) is 0 Å². The Morgan fingerprint density at radius 1 is 1.67 bits per heavy atom. The van der Waals surface area contributed by atoms with Crippen LogP contribution in [0, 0.1) is 0 Å². The number of carbonyl (C=O) groups is 1. The smallest absolute Gasteiger partial charge is 0.275 e. The third kappa shape index (κ3) is 4.47. The Hall–Kier alpha value is -1.38. The molecule has 0 fully saturated rings. The van der Waals surface area contributed by atoms with Gasteiger partial charge in [0, 0.05) is 12.2 Å². The van der Waals surface area contributed by atoms with Crippen LogP contribution in [0.5, 0.6) is 0 Å². The van der Waals surface area contributed by atoms with E-state index in [4.69, 9.17) is 5.21 Å². The van der Waals surface area contributed by atoms with E-state index >= 15 is 0 Å². The lowest BCUT2D eigenvalue weighted by atomic mass is 10.5. The van der Waals surface area contributed by atoms with Gasteiger partial charge in [-0.2, -0.15) is 0 Å². The lowest BCUT2D eigenvalue weighted by molar-refractivity contribution is -0.124. The van der Waals surface area contributed by atoms with E-state index in [1.807, 2.05) is 0 Å². The van der Waals surface area contributed by atoms with Gasteiger partial charge in [0.2, 0.25) is 6.29 Å². The highest BCUT2D eigenvalue weighted by atomic mass is 16.5. The Labute approximate surface area is 51.4 Å². The molecule has 2 N–H and O–H groups in total. The molecule has 0 saturated heterocycles. The van der Waals surface area contributed by atoms with E-state index in [2.05, 4.69) is 5.73 Å². The standard InChI is InChI=1S/C5H4NO3/c7-4-2-1-3-5(8)6-9/h2-3,9H,(H,6,8). The van der Waals surface area contributed by atoms with Crippen molar-refractivity contribution in [1.82, 2.24) is 5.48 Å². The molecule has 9 heavy (non-hydrogen) atoms. The van der Waals surface area contributed by atoms with Gasteiger partial charge in [0.1, 0.15) is 0 Å². The fourth-order valence-electron chi connectivity index (χ4n) is 0.184. The normalized spacial score (nSPS) is 6.78. The molecule has 0 atom stereocenters. The monoisotopic (exact) mass is 126 g/mol. The number of nitrogens with one attached hydrogen (secondary N) is 1. The fourth-order valence-corrected chi connectivity index (χ4v) is 0.184. The molecule has 0 heterocycles. The van der Waals surface area contributed by atoms with E-state index in [1.165, 1.54) is 11.8 Å². The zero-order valence-electron chi connectivity index (χ0n) is 4.42. The van der Waals surface area contributed by atoms with Crippen molar-refractivity contribution in [3.8, 4) is 0 Å². The van der Waals surface area contributed by atoms with Gasteiger partial charge in [-0.05, 0) is 0 Å². The maximum atomic E-state index is 10.1. The highest BCUT2D eigenvalue weighted by Crippen LogP contribution is 1.64. The largest absolute Gasteiger partial charge is 0.288 e. The summed E-state index contributed by atoms with van der Waals surface area (Å²) in [4.78, 5) is 19.5. The van der Waals surface area contributed by atoms with E-state index in [9.17, 15) is 9.59 Å². The van der Waals surface area contributed by atoms with Crippen LogP contribution in [0.25, 0.3) is 0 Å². The second-order valence-corrected chi connectivity index (χ2v) is 1.05. The van der Waals surface area contributed by atoms with Crippen LogP contribution in [0.4, 0.5) is 0 Å². The number of amides is 1. The van der Waals surface area contributed by atoms with E-state index in [0.717, 1.165) is 12.2 Å². The summed E-state index contributed by atoms with van der Waals surface area (Å²) >= 11 is 0. The SMILES string of the molecule is O=[C]C=C=CC(=O)NO. The third-order valence-corrected chi connectivity index (χ3v) is 0.467. The van der Waals surface area contributed by atoms with Crippen molar-refractivity contribution in [3.05, 3.63) is 17.9 Å². The highest BCUT2D eigenvalue weighted by molar-refractivity contribution is 5.86. The first-order valence-electron chi connectivity index (χ1n) is 2.04. The maximum Gasteiger partial charge on any atom is 0.275 e. The van der Waals surface area contributed by atoms with Gasteiger partial charge in [-0.3, -0.25) is 14.8 Å². The Morgan fingerprint density at radius 3 is 2.78 bits per heavy atom. The van der Waals surface area contributed by atoms with Crippen molar-refractivity contribution in [2.24, 2.45) is 0 Å². The first kappa shape index (κ1) is 7.62. The zero-order valence-corrected chi connectivity index (χ0v) is 4.42.